The Morgan fingerprint density at radius 1 is 1.00 bits per heavy atom. The number of ether oxygens (including phenoxy) is 2. The van der Waals surface area contributed by atoms with Gasteiger partial charge in [0.05, 0.1) is 14.2 Å². The highest BCUT2D eigenvalue weighted by Crippen LogP contribution is 2.27. The first-order chi connectivity index (χ1) is 11.2. The van der Waals surface area contributed by atoms with Crippen molar-refractivity contribution in [3.05, 3.63) is 65.2 Å². The van der Waals surface area contributed by atoms with Crippen LogP contribution in [0.25, 0.3) is 6.08 Å². The van der Waals surface area contributed by atoms with E-state index in [0.717, 1.165) is 31.0 Å². The summed E-state index contributed by atoms with van der Waals surface area (Å²) in [5.74, 6) is 1.55. The molecule has 0 aliphatic rings. The monoisotopic (exact) mass is 311 g/mol. The molecule has 0 heterocycles. The van der Waals surface area contributed by atoms with Crippen molar-refractivity contribution in [3.8, 4) is 11.5 Å². The smallest absolute Gasteiger partial charge is 0.160 e. The second-order valence-electron chi connectivity index (χ2n) is 5.40. The van der Waals surface area contributed by atoms with Crippen LogP contribution in [-0.2, 0) is 6.42 Å². The van der Waals surface area contributed by atoms with Crippen molar-refractivity contribution >= 4 is 6.08 Å². The lowest BCUT2D eigenvalue weighted by Gasteiger charge is -2.09. The average Bonchev–Trinajstić information content (AvgIpc) is 2.59. The van der Waals surface area contributed by atoms with E-state index in [4.69, 9.17) is 9.47 Å². The highest BCUT2D eigenvalue weighted by Gasteiger charge is 2.03. The summed E-state index contributed by atoms with van der Waals surface area (Å²) in [4.78, 5) is 0. The first-order valence-corrected chi connectivity index (χ1v) is 7.88. The predicted octanol–water partition coefficient (Wildman–Crippen LogP) is 3.86. The van der Waals surface area contributed by atoms with Gasteiger partial charge in [-0.3, -0.25) is 0 Å². The van der Waals surface area contributed by atoms with Crippen molar-refractivity contribution in [1.29, 1.82) is 0 Å². The van der Waals surface area contributed by atoms with E-state index >= 15 is 0 Å². The highest BCUT2D eigenvalue weighted by atomic mass is 16.5. The number of hydrogen-bond donors (Lipinski definition) is 1. The molecule has 0 spiro atoms. The summed E-state index contributed by atoms with van der Waals surface area (Å²) in [6, 6.07) is 14.5. The summed E-state index contributed by atoms with van der Waals surface area (Å²) in [5, 5.41) is 3.43. The van der Waals surface area contributed by atoms with Gasteiger partial charge in [-0.1, -0.05) is 42.5 Å². The number of aryl methyl sites for hydroxylation is 1. The molecule has 23 heavy (non-hydrogen) atoms. The molecule has 0 atom stereocenters. The maximum atomic E-state index is 5.33. The molecule has 0 fully saturated rings. The number of methoxy groups -OCH3 is 2. The van der Waals surface area contributed by atoms with E-state index in [2.05, 4.69) is 54.7 Å². The molecule has 2 aromatic rings. The summed E-state index contributed by atoms with van der Waals surface area (Å²) in [7, 11) is 3.32. The lowest BCUT2D eigenvalue weighted by molar-refractivity contribution is 0.354. The van der Waals surface area contributed by atoms with Crippen molar-refractivity contribution in [2.75, 3.05) is 27.3 Å². The Labute approximate surface area is 138 Å². The van der Waals surface area contributed by atoms with Crippen LogP contribution < -0.4 is 14.8 Å². The van der Waals surface area contributed by atoms with Crippen molar-refractivity contribution in [2.24, 2.45) is 0 Å². The third kappa shape index (κ3) is 5.15. The summed E-state index contributed by atoms with van der Waals surface area (Å²) in [6.45, 7) is 3.92. The second-order valence-corrected chi connectivity index (χ2v) is 5.40. The van der Waals surface area contributed by atoms with E-state index in [9.17, 15) is 0 Å². The second kappa shape index (κ2) is 9.01. The molecule has 122 valence electrons. The molecule has 0 unspecified atom stereocenters. The zero-order valence-electron chi connectivity index (χ0n) is 14.1. The minimum Gasteiger partial charge on any atom is -0.493 e. The van der Waals surface area contributed by atoms with E-state index < -0.39 is 0 Å². The molecular weight excluding hydrogens is 286 g/mol. The molecule has 0 aliphatic carbocycles. The summed E-state index contributed by atoms with van der Waals surface area (Å²) >= 11 is 0. The van der Waals surface area contributed by atoms with Crippen LogP contribution in [-0.4, -0.2) is 27.3 Å². The standard InChI is InChI=1S/C20H25NO2/c1-16-7-4-5-8-18(16)9-6-13-21-14-12-17-10-11-19(22-2)20(15-17)23-3/h4-11,15,21H,12-14H2,1-3H3. The molecule has 3 heteroatoms. The van der Waals surface area contributed by atoms with Gasteiger partial charge >= 0.3 is 0 Å². The zero-order chi connectivity index (χ0) is 16.5. The molecule has 0 saturated heterocycles. The number of nitrogens with one attached hydrogen (secondary N) is 1. The SMILES string of the molecule is COc1ccc(CCNCC=Cc2ccccc2C)cc1OC. The van der Waals surface area contributed by atoms with Crippen LogP contribution in [0.15, 0.2) is 48.5 Å². The van der Waals surface area contributed by atoms with Crippen LogP contribution in [0.2, 0.25) is 0 Å². The quantitative estimate of drug-likeness (QED) is 0.751. The third-order valence-corrected chi connectivity index (χ3v) is 3.79. The third-order valence-electron chi connectivity index (χ3n) is 3.79. The Balaban J connectivity index is 1.76. The van der Waals surface area contributed by atoms with E-state index in [0.29, 0.717) is 0 Å². The first-order valence-electron chi connectivity index (χ1n) is 7.88. The fourth-order valence-corrected chi connectivity index (χ4v) is 2.41. The van der Waals surface area contributed by atoms with Crippen LogP contribution >= 0.6 is 0 Å². The predicted molar refractivity (Wildman–Crippen MR) is 96.3 cm³/mol. The first kappa shape index (κ1) is 17.1. The van der Waals surface area contributed by atoms with Gasteiger partial charge in [0.2, 0.25) is 0 Å². The van der Waals surface area contributed by atoms with Gasteiger partial charge in [-0.15, -0.1) is 0 Å². The van der Waals surface area contributed by atoms with Gasteiger partial charge in [-0.05, 0) is 48.7 Å². The Morgan fingerprint density at radius 3 is 2.52 bits per heavy atom. The van der Waals surface area contributed by atoms with Gasteiger partial charge in [0.25, 0.3) is 0 Å². The van der Waals surface area contributed by atoms with E-state index in [1.807, 2.05) is 12.1 Å². The van der Waals surface area contributed by atoms with Crippen LogP contribution in [0, 0.1) is 6.92 Å². The normalized spacial score (nSPS) is 10.9. The molecule has 0 aliphatic heterocycles. The molecule has 3 nitrogen and oxygen atoms in total. The van der Waals surface area contributed by atoms with Gasteiger partial charge in [-0.2, -0.15) is 0 Å². The Morgan fingerprint density at radius 2 is 1.78 bits per heavy atom. The Kier molecular flexibility index (Phi) is 6.70. The molecule has 0 saturated carbocycles. The van der Waals surface area contributed by atoms with Crippen molar-refractivity contribution in [2.45, 2.75) is 13.3 Å². The molecule has 0 aromatic heterocycles. The molecule has 2 rings (SSSR count). The molecule has 0 amide bonds. The molecule has 0 bridgehead atoms. The van der Waals surface area contributed by atoms with Crippen molar-refractivity contribution in [1.82, 2.24) is 5.32 Å². The highest BCUT2D eigenvalue weighted by molar-refractivity contribution is 5.53. The number of hydrogen-bond acceptors (Lipinski definition) is 3. The maximum Gasteiger partial charge on any atom is 0.160 e. The summed E-state index contributed by atoms with van der Waals surface area (Å²) in [6.07, 6.45) is 5.29. The molecule has 2 aromatic carbocycles. The fraction of sp³-hybridized carbons (Fsp3) is 0.300. The van der Waals surface area contributed by atoms with Gasteiger partial charge in [0.15, 0.2) is 11.5 Å². The largest absolute Gasteiger partial charge is 0.493 e. The lowest BCUT2D eigenvalue weighted by atomic mass is 10.1. The maximum absolute atomic E-state index is 5.33. The average molecular weight is 311 g/mol. The molecular formula is C20H25NO2. The van der Waals surface area contributed by atoms with Gasteiger partial charge < -0.3 is 14.8 Å². The molecule has 1 N–H and O–H groups in total. The van der Waals surface area contributed by atoms with Crippen LogP contribution in [0.3, 0.4) is 0 Å². The molecule has 0 radical (unpaired) electrons. The van der Waals surface area contributed by atoms with Crippen LogP contribution in [0.4, 0.5) is 0 Å². The van der Waals surface area contributed by atoms with E-state index in [1.54, 1.807) is 14.2 Å². The van der Waals surface area contributed by atoms with Gasteiger partial charge in [0.1, 0.15) is 0 Å². The van der Waals surface area contributed by atoms with Gasteiger partial charge in [0, 0.05) is 6.54 Å². The lowest BCUT2D eigenvalue weighted by Crippen LogP contribution is -2.17. The Bertz CT molecular complexity index is 650. The minimum absolute atomic E-state index is 0.769. The Hall–Kier alpha value is -2.26. The topological polar surface area (TPSA) is 30.5 Å². The summed E-state index contributed by atoms with van der Waals surface area (Å²) < 4.78 is 10.6. The van der Waals surface area contributed by atoms with Crippen molar-refractivity contribution in [3.63, 3.8) is 0 Å². The summed E-state index contributed by atoms with van der Waals surface area (Å²) in [5.41, 5.74) is 3.81. The fourth-order valence-electron chi connectivity index (χ4n) is 2.41. The number of rotatable bonds is 8. The van der Waals surface area contributed by atoms with Crippen LogP contribution in [0.1, 0.15) is 16.7 Å². The minimum atomic E-state index is 0.769. The van der Waals surface area contributed by atoms with E-state index in [1.165, 1.54) is 16.7 Å². The zero-order valence-corrected chi connectivity index (χ0v) is 14.1. The van der Waals surface area contributed by atoms with Crippen molar-refractivity contribution < 1.29 is 9.47 Å². The number of benzene rings is 2. The van der Waals surface area contributed by atoms with Crippen LogP contribution in [0.5, 0.6) is 11.5 Å². The van der Waals surface area contributed by atoms with Gasteiger partial charge in [-0.25, -0.2) is 0 Å². The van der Waals surface area contributed by atoms with E-state index in [-0.39, 0.29) is 0 Å².